The van der Waals surface area contributed by atoms with Crippen molar-refractivity contribution in [1.82, 2.24) is 35.2 Å². The van der Waals surface area contributed by atoms with E-state index in [9.17, 15) is 18.4 Å². The van der Waals surface area contributed by atoms with Gasteiger partial charge in [-0.25, -0.2) is 19.2 Å². The minimum atomic E-state index is -1.08. The number of methoxy groups -OCH3 is 1. The number of nitrogens with one attached hydrogen (secondary N) is 4. The third-order valence-electron chi connectivity index (χ3n) is 7.06. The van der Waals surface area contributed by atoms with Crippen LogP contribution >= 0.6 is 0 Å². The number of halogens is 2. The van der Waals surface area contributed by atoms with E-state index in [1.54, 1.807) is 27.6 Å². The lowest BCUT2D eigenvalue weighted by Crippen LogP contribution is -2.51. The van der Waals surface area contributed by atoms with Crippen LogP contribution in [0.3, 0.4) is 0 Å². The molecule has 0 spiro atoms. The maximum Gasteiger partial charge on any atom is 0.317 e. The van der Waals surface area contributed by atoms with E-state index in [1.165, 1.54) is 31.6 Å². The van der Waals surface area contributed by atoms with Crippen molar-refractivity contribution in [1.29, 1.82) is 0 Å². The Morgan fingerprint density at radius 3 is 2.60 bits per heavy atom. The van der Waals surface area contributed by atoms with Gasteiger partial charge in [0, 0.05) is 68.5 Å². The summed E-state index contributed by atoms with van der Waals surface area (Å²) in [6.45, 7) is 5.43. The third-order valence-corrected chi connectivity index (χ3v) is 7.06. The molecule has 3 heterocycles. The van der Waals surface area contributed by atoms with Gasteiger partial charge in [0.05, 0.1) is 19.0 Å². The van der Waals surface area contributed by atoms with E-state index in [4.69, 9.17) is 4.74 Å². The summed E-state index contributed by atoms with van der Waals surface area (Å²) < 4.78 is 35.7. The second kappa shape index (κ2) is 12.8. The van der Waals surface area contributed by atoms with Gasteiger partial charge in [-0.15, -0.1) is 0 Å². The number of rotatable bonds is 9. The van der Waals surface area contributed by atoms with Crippen LogP contribution in [0.4, 0.5) is 25.1 Å². The van der Waals surface area contributed by atoms with Crippen LogP contribution in [0, 0.1) is 11.6 Å². The van der Waals surface area contributed by atoms with Crippen LogP contribution in [0.1, 0.15) is 22.8 Å². The normalized spacial score (nSPS) is 13.2. The molecule has 3 amide bonds. The lowest BCUT2D eigenvalue weighted by molar-refractivity contribution is 0.0952. The molecular formula is C29H32F2N8O3. The number of benzene rings is 2. The molecule has 220 valence electrons. The first kappa shape index (κ1) is 28.7. The van der Waals surface area contributed by atoms with Crippen LogP contribution in [-0.4, -0.2) is 77.6 Å². The van der Waals surface area contributed by atoms with Gasteiger partial charge in [0.1, 0.15) is 0 Å². The average Bonchev–Trinajstić information content (AvgIpc) is 3.45. The Kier molecular flexibility index (Phi) is 8.77. The average molecular weight is 579 g/mol. The van der Waals surface area contributed by atoms with E-state index in [1.807, 2.05) is 13.0 Å². The van der Waals surface area contributed by atoms with Gasteiger partial charge in [0.2, 0.25) is 5.82 Å². The van der Waals surface area contributed by atoms with Crippen LogP contribution in [-0.2, 0) is 6.42 Å². The van der Waals surface area contributed by atoms with Crippen LogP contribution < -0.4 is 26.0 Å². The first-order valence-electron chi connectivity index (χ1n) is 13.7. The molecule has 0 radical (unpaired) electrons. The van der Waals surface area contributed by atoms with E-state index in [0.29, 0.717) is 61.0 Å². The maximum atomic E-state index is 14.8. The zero-order valence-corrected chi connectivity index (χ0v) is 23.3. The fourth-order valence-electron chi connectivity index (χ4n) is 4.84. The molecule has 2 aromatic heterocycles. The molecule has 5 rings (SSSR count). The number of carbonyl (C=O) groups is 2. The number of nitrogens with zero attached hydrogens (tertiary/aromatic N) is 4. The number of fused-ring (bicyclic) bond motifs is 1. The van der Waals surface area contributed by atoms with Gasteiger partial charge in [-0.2, -0.15) is 4.39 Å². The summed E-state index contributed by atoms with van der Waals surface area (Å²) in [6, 6.07) is 8.00. The first-order chi connectivity index (χ1) is 20.4. The smallest absolute Gasteiger partial charge is 0.317 e. The van der Waals surface area contributed by atoms with Gasteiger partial charge < -0.3 is 30.9 Å². The van der Waals surface area contributed by atoms with Crippen LogP contribution in [0.2, 0.25) is 0 Å². The number of urea groups is 1. The predicted octanol–water partition coefficient (Wildman–Crippen LogP) is 3.33. The number of ether oxygens (including phenoxy) is 1. The molecule has 0 aliphatic carbocycles. The second-order valence-electron chi connectivity index (χ2n) is 9.63. The van der Waals surface area contributed by atoms with E-state index in [-0.39, 0.29) is 23.3 Å². The predicted molar refractivity (Wildman–Crippen MR) is 154 cm³/mol. The van der Waals surface area contributed by atoms with Crippen molar-refractivity contribution >= 4 is 29.1 Å². The molecule has 11 nitrogen and oxygen atoms in total. The number of imidazole rings is 1. The number of aromatic nitrogens is 3. The summed E-state index contributed by atoms with van der Waals surface area (Å²) in [5.74, 6) is -2.13. The van der Waals surface area contributed by atoms with Crippen molar-refractivity contribution in [3.05, 3.63) is 71.7 Å². The highest BCUT2D eigenvalue weighted by molar-refractivity contribution is 5.96. The molecule has 1 aliphatic heterocycles. The molecule has 2 aromatic carbocycles. The van der Waals surface area contributed by atoms with Crippen molar-refractivity contribution < 1.29 is 23.1 Å². The third kappa shape index (κ3) is 5.96. The van der Waals surface area contributed by atoms with E-state index >= 15 is 0 Å². The molecule has 1 aliphatic rings. The molecule has 0 bridgehead atoms. The number of hydrogen-bond donors (Lipinski definition) is 4. The number of piperazine rings is 1. The Morgan fingerprint density at radius 1 is 1.05 bits per heavy atom. The SMILES string of the molecule is CCc1cc(Nc2nccn3c(-c4ccc(OC)c(F)c4F)cnc23)ccc1C(=O)NCCNC(=O)N1CCNCC1. The lowest BCUT2D eigenvalue weighted by Gasteiger charge is -2.27. The highest BCUT2D eigenvalue weighted by atomic mass is 19.2. The van der Waals surface area contributed by atoms with Crippen molar-refractivity contribution in [2.75, 3.05) is 51.7 Å². The van der Waals surface area contributed by atoms with Crippen molar-refractivity contribution in [3.8, 4) is 17.0 Å². The van der Waals surface area contributed by atoms with E-state index in [0.717, 1.165) is 18.7 Å². The zero-order valence-electron chi connectivity index (χ0n) is 23.3. The monoisotopic (exact) mass is 578 g/mol. The maximum absolute atomic E-state index is 14.8. The first-order valence-corrected chi connectivity index (χ1v) is 13.7. The molecule has 0 saturated carbocycles. The van der Waals surface area contributed by atoms with E-state index in [2.05, 4.69) is 31.2 Å². The molecular weight excluding hydrogens is 546 g/mol. The molecule has 42 heavy (non-hydrogen) atoms. The van der Waals surface area contributed by atoms with Crippen molar-refractivity contribution in [3.63, 3.8) is 0 Å². The van der Waals surface area contributed by atoms with Crippen molar-refractivity contribution in [2.24, 2.45) is 0 Å². The lowest BCUT2D eigenvalue weighted by atomic mass is 10.0. The molecule has 1 saturated heterocycles. The Morgan fingerprint density at radius 2 is 1.83 bits per heavy atom. The summed E-state index contributed by atoms with van der Waals surface area (Å²) in [4.78, 5) is 35.6. The Bertz CT molecular complexity index is 1600. The van der Waals surface area contributed by atoms with Gasteiger partial charge >= 0.3 is 6.03 Å². The van der Waals surface area contributed by atoms with Crippen LogP contribution in [0.25, 0.3) is 16.9 Å². The van der Waals surface area contributed by atoms with Gasteiger partial charge in [0.15, 0.2) is 23.0 Å². The number of amides is 3. The fraction of sp³-hybridized carbons (Fsp3) is 0.310. The van der Waals surface area contributed by atoms with Gasteiger partial charge in [-0.05, 0) is 42.3 Å². The molecule has 4 aromatic rings. The summed E-state index contributed by atoms with van der Waals surface area (Å²) >= 11 is 0. The Balaban J connectivity index is 1.27. The van der Waals surface area contributed by atoms with Crippen LogP contribution in [0.5, 0.6) is 5.75 Å². The quantitative estimate of drug-likeness (QED) is 0.225. The highest BCUT2D eigenvalue weighted by Crippen LogP contribution is 2.31. The van der Waals surface area contributed by atoms with Crippen molar-refractivity contribution in [2.45, 2.75) is 13.3 Å². The van der Waals surface area contributed by atoms with Gasteiger partial charge in [-0.3, -0.25) is 9.20 Å². The Labute approximate surface area is 241 Å². The standard InChI is InChI=1S/C29H32F2N8O3/c1-3-18-16-19(4-5-20(18)28(40)34-8-9-35-29(41)38-13-10-32-11-14-38)37-26-27-36-17-22(39(27)15-12-33-26)21-6-7-23(42-2)25(31)24(21)30/h4-7,12,15-17,32H,3,8-11,13-14H2,1-2H3,(H,33,37)(H,34,40)(H,35,41). The zero-order chi connectivity index (χ0) is 29.6. The molecule has 13 heteroatoms. The van der Waals surface area contributed by atoms with Gasteiger partial charge in [0.25, 0.3) is 5.91 Å². The molecule has 4 N–H and O–H groups in total. The van der Waals surface area contributed by atoms with E-state index < -0.39 is 11.6 Å². The summed E-state index contributed by atoms with van der Waals surface area (Å²) in [7, 11) is 1.27. The Hall–Kier alpha value is -4.78. The topological polar surface area (TPSA) is 125 Å². The summed E-state index contributed by atoms with van der Waals surface area (Å²) in [5.41, 5.74) is 2.81. The number of carbonyl (C=O) groups excluding carboxylic acids is 2. The summed E-state index contributed by atoms with van der Waals surface area (Å²) in [5, 5.41) is 12.1. The van der Waals surface area contributed by atoms with Crippen LogP contribution in [0.15, 0.2) is 48.9 Å². The molecule has 0 unspecified atom stereocenters. The molecule has 1 fully saturated rings. The second-order valence-corrected chi connectivity index (χ2v) is 9.63. The van der Waals surface area contributed by atoms with Gasteiger partial charge in [-0.1, -0.05) is 6.92 Å². The largest absolute Gasteiger partial charge is 0.494 e. The summed E-state index contributed by atoms with van der Waals surface area (Å²) in [6.07, 6.45) is 5.19. The fourth-order valence-corrected chi connectivity index (χ4v) is 4.84. The minimum Gasteiger partial charge on any atom is -0.494 e. The number of aryl methyl sites for hydroxylation is 1. The molecule has 0 atom stereocenters. The minimum absolute atomic E-state index is 0.0324. The highest BCUT2D eigenvalue weighted by Gasteiger charge is 2.20. The number of hydrogen-bond acceptors (Lipinski definition) is 7. The number of anilines is 2.